The van der Waals surface area contributed by atoms with Crippen LogP contribution in [0.4, 0.5) is 14.5 Å². The first-order valence-corrected chi connectivity index (χ1v) is 6.48. The number of para-hydroxylation sites is 1. The Morgan fingerprint density at radius 2 is 1.75 bits per heavy atom. The summed E-state index contributed by atoms with van der Waals surface area (Å²) >= 11 is 2.96. The second-order valence-electron chi connectivity index (χ2n) is 3.89. The lowest BCUT2D eigenvalue weighted by molar-refractivity contribution is -0.118. The van der Waals surface area contributed by atoms with Crippen molar-refractivity contribution in [3.05, 3.63) is 58.6 Å². The normalized spacial score (nSPS) is 10.2. The number of hydrogen-bond acceptors (Lipinski definition) is 2. The minimum Gasteiger partial charge on any atom is -0.484 e. The first kappa shape index (κ1) is 14.5. The van der Waals surface area contributed by atoms with Gasteiger partial charge in [-0.15, -0.1) is 0 Å². The highest BCUT2D eigenvalue weighted by Crippen LogP contribution is 2.23. The molecule has 0 bridgehead atoms. The summed E-state index contributed by atoms with van der Waals surface area (Å²) in [6, 6.07) is 10.8. The Morgan fingerprint density at radius 3 is 2.35 bits per heavy atom. The van der Waals surface area contributed by atoms with Crippen molar-refractivity contribution >= 4 is 27.5 Å². The van der Waals surface area contributed by atoms with Crippen molar-refractivity contribution in [1.29, 1.82) is 0 Å². The lowest BCUT2D eigenvalue weighted by Gasteiger charge is -2.09. The van der Waals surface area contributed by atoms with Crippen LogP contribution in [0.1, 0.15) is 0 Å². The highest BCUT2D eigenvalue weighted by molar-refractivity contribution is 9.10. The number of anilines is 1. The van der Waals surface area contributed by atoms with E-state index in [0.717, 1.165) is 12.1 Å². The molecule has 3 nitrogen and oxygen atoms in total. The van der Waals surface area contributed by atoms with E-state index in [0.29, 0.717) is 5.75 Å². The summed E-state index contributed by atoms with van der Waals surface area (Å²) in [6.45, 7) is -0.334. The van der Waals surface area contributed by atoms with Crippen molar-refractivity contribution < 1.29 is 18.3 Å². The predicted molar refractivity (Wildman–Crippen MR) is 74.6 cm³/mol. The van der Waals surface area contributed by atoms with Crippen molar-refractivity contribution in [2.24, 2.45) is 0 Å². The third kappa shape index (κ3) is 3.77. The van der Waals surface area contributed by atoms with E-state index in [9.17, 15) is 13.6 Å². The van der Waals surface area contributed by atoms with E-state index in [1.807, 2.05) is 0 Å². The Labute approximate surface area is 122 Å². The standard InChI is InChI=1S/C14H10BrF2NO2/c15-9-6-11(16)14(12(17)7-9)18-13(19)8-20-10-4-2-1-3-5-10/h1-7H,8H2,(H,18,19). The molecule has 0 heterocycles. The molecule has 2 aromatic rings. The summed E-state index contributed by atoms with van der Waals surface area (Å²) in [5.74, 6) is -1.86. The minimum atomic E-state index is -0.857. The zero-order valence-corrected chi connectivity index (χ0v) is 11.8. The summed E-state index contributed by atoms with van der Waals surface area (Å²) in [4.78, 5) is 11.6. The molecule has 0 atom stereocenters. The van der Waals surface area contributed by atoms with Crippen LogP contribution in [-0.4, -0.2) is 12.5 Å². The van der Waals surface area contributed by atoms with Gasteiger partial charge < -0.3 is 10.1 Å². The Kier molecular flexibility index (Phi) is 4.68. The predicted octanol–water partition coefficient (Wildman–Crippen LogP) is 3.74. The summed E-state index contributed by atoms with van der Waals surface area (Å²) in [5.41, 5.74) is -0.491. The third-order valence-corrected chi connectivity index (χ3v) is 2.84. The van der Waals surface area contributed by atoms with Crippen molar-refractivity contribution in [2.45, 2.75) is 0 Å². The first-order chi connectivity index (χ1) is 9.56. The Hall–Kier alpha value is -1.95. The lowest BCUT2D eigenvalue weighted by Crippen LogP contribution is -2.21. The maximum Gasteiger partial charge on any atom is 0.262 e. The number of carbonyl (C=O) groups excluding carboxylic acids is 1. The van der Waals surface area contributed by atoms with E-state index in [-0.39, 0.29) is 11.1 Å². The number of carbonyl (C=O) groups is 1. The molecule has 2 aromatic carbocycles. The molecule has 0 aliphatic rings. The number of benzene rings is 2. The fourth-order valence-corrected chi connectivity index (χ4v) is 1.90. The second kappa shape index (κ2) is 6.47. The molecule has 0 unspecified atom stereocenters. The van der Waals surface area contributed by atoms with Gasteiger partial charge in [0.15, 0.2) is 18.2 Å². The van der Waals surface area contributed by atoms with Gasteiger partial charge in [0.05, 0.1) is 0 Å². The molecule has 104 valence electrons. The molecule has 0 radical (unpaired) electrons. The average molecular weight is 342 g/mol. The van der Waals surface area contributed by atoms with Gasteiger partial charge >= 0.3 is 0 Å². The first-order valence-electron chi connectivity index (χ1n) is 5.68. The Morgan fingerprint density at radius 1 is 1.15 bits per heavy atom. The Balaban J connectivity index is 1.98. The topological polar surface area (TPSA) is 38.3 Å². The van der Waals surface area contributed by atoms with Gasteiger partial charge in [0.2, 0.25) is 0 Å². The molecule has 0 aromatic heterocycles. The van der Waals surface area contributed by atoms with E-state index in [1.54, 1.807) is 30.3 Å². The van der Waals surface area contributed by atoms with Crippen LogP contribution in [0.15, 0.2) is 46.9 Å². The largest absolute Gasteiger partial charge is 0.484 e. The van der Waals surface area contributed by atoms with Gasteiger partial charge in [0.25, 0.3) is 5.91 Å². The van der Waals surface area contributed by atoms with Gasteiger partial charge in [-0.1, -0.05) is 34.1 Å². The van der Waals surface area contributed by atoms with Gasteiger partial charge in [-0.05, 0) is 24.3 Å². The number of hydrogen-bond donors (Lipinski definition) is 1. The molecule has 0 fully saturated rings. The van der Waals surface area contributed by atoms with E-state index >= 15 is 0 Å². The van der Waals surface area contributed by atoms with Gasteiger partial charge in [-0.2, -0.15) is 0 Å². The van der Waals surface area contributed by atoms with Crippen LogP contribution in [0, 0.1) is 11.6 Å². The quantitative estimate of drug-likeness (QED) is 0.919. The summed E-state index contributed by atoms with van der Waals surface area (Å²) in [5, 5.41) is 2.14. The molecule has 0 saturated heterocycles. The van der Waals surface area contributed by atoms with Gasteiger partial charge in [0, 0.05) is 4.47 Å². The molecule has 1 amide bonds. The smallest absolute Gasteiger partial charge is 0.262 e. The maximum absolute atomic E-state index is 13.5. The molecule has 0 aliphatic heterocycles. The monoisotopic (exact) mass is 341 g/mol. The number of nitrogens with one attached hydrogen (secondary N) is 1. The molecule has 0 saturated carbocycles. The van der Waals surface area contributed by atoms with Crippen LogP contribution < -0.4 is 10.1 Å². The number of rotatable bonds is 4. The maximum atomic E-state index is 13.5. The average Bonchev–Trinajstić information content (AvgIpc) is 2.42. The van der Waals surface area contributed by atoms with Crippen LogP contribution in [-0.2, 0) is 4.79 Å². The van der Waals surface area contributed by atoms with E-state index < -0.39 is 23.2 Å². The summed E-state index contributed by atoms with van der Waals surface area (Å²) < 4.78 is 32.5. The Bertz CT molecular complexity index is 597. The third-order valence-electron chi connectivity index (χ3n) is 2.38. The van der Waals surface area contributed by atoms with E-state index in [1.165, 1.54) is 0 Å². The molecule has 0 aliphatic carbocycles. The van der Waals surface area contributed by atoms with Crippen molar-refractivity contribution in [3.8, 4) is 5.75 Å². The van der Waals surface area contributed by atoms with Crippen molar-refractivity contribution in [1.82, 2.24) is 0 Å². The number of ether oxygens (including phenoxy) is 1. The van der Waals surface area contributed by atoms with E-state index in [4.69, 9.17) is 4.74 Å². The molecule has 2 rings (SSSR count). The summed E-state index contributed by atoms with van der Waals surface area (Å²) in [6.07, 6.45) is 0. The highest BCUT2D eigenvalue weighted by atomic mass is 79.9. The fraction of sp³-hybridized carbons (Fsp3) is 0.0714. The van der Waals surface area contributed by atoms with Gasteiger partial charge in [-0.25, -0.2) is 8.78 Å². The molecule has 0 spiro atoms. The zero-order valence-electron chi connectivity index (χ0n) is 10.2. The van der Waals surface area contributed by atoms with E-state index in [2.05, 4.69) is 21.2 Å². The lowest BCUT2D eigenvalue weighted by atomic mass is 10.3. The molecular formula is C14H10BrF2NO2. The molecule has 6 heteroatoms. The number of amides is 1. The zero-order chi connectivity index (χ0) is 14.5. The molecular weight excluding hydrogens is 332 g/mol. The van der Waals surface area contributed by atoms with Crippen LogP contribution in [0.5, 0.6) is 5.75 Å². The van der Waals surface area contributed by atoms with Gasteiger partial charge in [0.1, 0.15) is 11.4 Å². The summed E-state index contributed by atoms with van der Waals surface area (Å²) in [7, 11) is 0. The minimum absolute atomic E-state index is 0.256. The highest BCUT2D eigenvalue weighted by Gasteiger charge is 2.13. The van der Waals surface area contributed by atoms with Crippen LogP contribution in [0.25, 0.3) is 0 Å². The SMILES string of the molecule is O=C(COc1ccccc1)Nc1c(F)cc(Br)cc1F. The molecule has 20 heavy (non-hydrogen) atoms. The molecule has 1 N–H and O–H groups in total. The van der Waals surface area contributed by atoms with Crippen molar-refractivity contribution in [2.75, 3.05) is 11.9 Å². The van der Waals surface area contributed by atoms with Crippen LogP contribution in [0.2, 0.25) is 0 Å². The van der Waals surface area contributed by atoms with Crippen LogP contribution in [0.3, 0.4) is 0 Å². The fourth-order valence-electron chi connectivity index (χ4n) is 1.50. The number of halogens is 3. The van der Waals surface area contributed by atoms with Gasteiger partial charge in [-0.3, -0.25) is 4.79 Å². The van der Waals surface area contributed by atoms with Crippen LogP contribution >= 0.6 is 15.9 Å². The second-order valence-corrected chi connectivity index (χ2v) is 4.81. The van der Waals surface area contributed by atoms with Crippen molar-refractivity contribution in [3.63, 3.8) is 0 Å².